The summed E-state index contributed by atoms with van der Waals surface area (Å²) in [6.07, 6.45) is 0. The lowest BCUT2D eigenvalue weighted by Crippen LogP contribution is -2.14. The molecule has 1 rings (SSSR count). The first-order valence-electron chi connectivity index (χ1n) is 4.45. The highest BCUT2D eigenvalue weighted by atomic mass is 19.1. The first-order chi connectivity index (χ1) is 6.77. The summed E-state index contributed by atoms with van der Waals surface area (Å²) in [5, 5.41) is 0. The van der Waals surface area contributed by atoms with Gasteiger partial charge in [-0.05, 0) is 13.0 Å². The van der Waals surface area contributed by atoms with E-state index in [9.17, 15) is 4.39 Å². The van der Waals surface area contributed by atoms with E-state index in [1.807, 2.05) is 6.92 Å². The van der Waals surface area contributed by atoms with Gasteiger partial charge in [0, 0.05) is 18.2 Å². The number of hydrogen-bond acceptors (Lipinski definition) is 3. The van der Waals surface area contributed by atoms with Crippen molar-refractivity contribution in [3.8, 4) is 5.75 Å². The summed E-state index contributed by atoms with van der Waals surface area (Å²) in [6, 6.07) is 4.73. The molecule has 0 unspecified atom stereocenters. The van der Waals surface area contributed by atoms with E-state index >= 15 is 0 Å². The van der Waals surface area contributed by atoms with Crippen molar-refractivity contribution in [3.05, 3.63) is 29.6 Å². The van der Waals surface area contributed by atoms with Crippen LogP contribution in [0.2, 0.25) is 0 Å². The van der Waals surface area contributed by atoms with Crippen LogP contribution in [-0.4, -0.2) is 13.7 Å². The Labute approximate surface area is 82.8 Å². The molecule has 0 heterocycles. The molecule has 78 valence electrons. The molecule has 0 aliphatic rings. The van der Waals surface area contributed by atoms with Gasteiger partial charge in [-0.1, -0.05) is 6.07 Å². The zero-order chi connectivity index (χ0) is 10.4. The average Bonchev–Trinajstić information content (AvgIpc) is 2.20. The number of methoxy groups -OCH3 is 1. The lowest BCUT2D eigenvalue weighted by Gasteiger charge is -2.06. The zero-order valence-electron chi connectivity index (χ0n) is 8.34. The van der Waals surface area contributed by atoms with Crippen molar-refractivity contribution < 1.29 is 14.0 Å². The summed E-state index contributed by atoms with van der Waals surface area (Å²) in [6.45, 7) is 2.76. The molecule has 0 saturated carbocycles. The normalized spacial score (nSPS) is 10.2. The Balaban J connectivity index is 2.59. The van der Waals surface area contributed by atoms with Crippen molar-refractivity contribution in [2.24, 2.45) is 0 Å². The fourth-order valence-corrected chi connectivity index (χ4v) is 1.03. The fraction of sp³-hybridized carbons (Fsp3) is 0.400. The highest BCUT2D eigenvalue weighted by molar-refractivity contribution is 5.28. The molecule has 1 aromatic rings. The van der Waals surface area contributed by atoms with Gasteiger partial charge in [0.15, 0.2) is 0 Å². The number of nitrogens with one attached hydrogen (secondary N) is 1. The Morgan fingerprint density at radius 2 is 2.21 bits per heavy atom. The van der Waals surface area contributed by atoms with Crippen molar-refractivity contribution in [3.63, 3.8) is 0 Å². The van der Waals surface area contributed by atoms with Gasteiger partial charge in [-0.3, -0.25) is 0 Å². The minimum absolute atomic E-state index is 0.295. The van der Waals surface area contributed by atoms with Crippen LogP contribution in [0.15, 0.2) is 18.2 Å². The van der Waals surface area contributed by atoms with Gasteiger partial charge in [-0.25, -0.2) is 4.39 Å². The van der Waals surface area contributed by atoms with Gasteiger partial charge in [-0.2, -0.15) is 5.48 Å². The van der Waals surface area contributed by atoms with E-state index in [1.165, 1.54) is 13.2 Å². The van der Waals surface area contributed by atoms with Gasteiger partial charge >= 0.3 is 0 Å². The largest absolute Gasteiger partial charge is 0.497 e. The fourth-order valence-electron chi connectivity index (χ4n) is 1.03. The van der Waals surface area contributed by atoms with Crippen LogP contribution in [0.5, 0.6) is 5.75 Å². The zero-order valence-corrected chi connectivity index (χ0v) is 8.34. The molecule has 0 atom stereocenters. The van der Waals surface area contributed by atoms with Crippen molar-refractivity contribution in [1.82, 2.24) is 5.48 Å². The summed E-state index contributed by atoms with van der Waals surface area (Å²) in [7, 11) is 1.51. The van der Waals surface area contributed by atoms with E-state index in [2.05, 4.69) is 5.48 Å². The summed E-state index contributed by atoms with van der Waals surface area (Å²) in [5.41, 5.74) is 3.20. The van der Waals surface area contributed by atoms with Crippen LogP contribution < -0.4 is 10.2 Å². The van der Waals surface area contributed by atoms with E-state index < -0.39 is 0 Å². The highest BCUT2D eigenvalue weighted by Crippen LogP contribution is 2.15. The topological polar surface area (TPSA) is 30.5 Å². The monoisotopic (exact) mass is 199 g/mol. The minimum atomic E-state index is -0.295. The molecule has 0 saturated heterocycles. The molecular formula is C10H14FNO2. The van der Waals surface area contributed by atoms with Gasteiger partial charge in [0.25, 0.3) is 0 Å². The maximum absolute atomic E-state index is 13.3. The molecule has 1 N–H and O–H groups in total. The molecule has 0 spiro atoms. The van der Waals surface area contributed by atoms with Crippen LogP contribution in [0.25, 0.3) is 0 Å². The lowest BCUT2D eigenvalue weighted by atomic mass is 10.2. The maximum Gasteiger partial charge on any atom is 0.131 e. The Kier molecular flexibility index (Phi) is 4.35. The quantitative estimate of drug-likeness (QED) is 0.580. The van der Waals surface area contributed by atoms with E-state index in [0.717, 1.165) is 0 Å². The minimum Gasteiger partial charge on any atom is -0.497 e. The Bertz CT molecular complexity index is 291. The predicted octanol–water partition coefficient (Wildman–Crippen LogP) is 1.88. The van der Waals surface area contributed by atoms with E-state index in [4.69, 9.17) is 9.57 Å². The first kappa shape index (κ1) is 10.9. The third kappa shape index (κ3) is 2.97. The van der Waals surface area contributed by atoms with Gasteiger partial charge in [-0.15, -0.1) is 0 Å². The van der Waals surface area contributed by atoms with Crippen molar-refractivity contribution >= 4 is 0 Å². The second-order valence-corrected chi connectivity index (χ2v) is 2.71. The molecule has 14 heavy (non-hydrogen) atoms. The molecule has 1 aromatic carbocycles. The number of halogens is 1. The molecule has 0 radical (unpaired) electrons. The Hall–Kier alpha value is -1.13. The number of hydrogen-bond donors (Lipinski definition) is 1. The molecular weight excluding hydrogens is 185 g/mol. The van der Waals surface area contributed by atoms with Crippen LogP contribution in [0.4, 0.5) is 4.39 Å². The number of hydroxylamine groups is 1. The first-order valence-corrected chi connectivity index (χ1v) is 4.45. The van der Waals surface area contributed by atoms with Gasteiger partial charge in [0.2, 0.25) is 0 Å². The van der Waals surface area contributed by atoms with Crippen LogP contribution in [0.3, 0.4) is 0 Å². The maximum atomic E-state index is 13.3. The highest BCUT2D eigenvalue weighted by Gasteiger charge is 2.02. The molecule has 0 fully saturated rings. The Morgan fingerprint density at radius 1 is 1.43 bits per heavy atom. The average molecular weight is 199 g/mol. The second kappa shape index (κ2) is 5.57. The number of rotatable bonds is 5. The molecule has 0 amide bonds. The van der Waals surface area contributed by atoms with Crippen LogP contribution in [0.1, 0.15) is 12.5 Å². The number of benzene rings is 1. The molecule has 0 aromatic heterocycles. The van der Waals surface area contributed by atoms with Crippen molar-refractivity contribution in [2.45, 2.75) is 13.5 Å². The van der Waals surface area contributed by atoms with Crippen LogP contribution in [0, 0.1) is 5.82 Å². The van der Waals surface area contributed by atoms with Crippen LogP contribution >= 0.6 is 0 Å². The van der Waals surface area contributed by atoms with Gasteiger partial charge in [0.1, 0.15) is 11.6 Å². The number of ether oxygens (including phenoxy) is 1. The van der Waals surface area contributed by atoms with Crippen LogP contribution in [-0.2, 0) is 11.4 Å². The molecule has 0 bridgehead atoms. The molecule has 0 aliphatic carbocycles. The van der Waals surface area contributed by atoms with E-state index in [0.29, 0.717) is 24.5 Å². The smallest absolute Gasteiger partial charge is 0.131 e. The molecule has 0 aliphatic heterocycles. The SMILES string of the molecule is CCONCc1ccc(OC)cc1F. The third-order valence-corrected chi connectivity index (χ3v) is 1.77. The molecule has 4 heteroatoms. The third-order valence-electron chi connectivity index (χ3n) is 1.77. The Morgan fingerprint density at radius 3 is 2.79 bits per heavy atom. The van der Waals surface area contributed by atoms with Crippen molar-refractivity contribution in [1.29, 1.82) is 0 Å². The summed E-state index contributed by atoms with van der Waals surface area (Å²) in [4.78, 5) is 4.90. The van der Waals surface area contributed by atoms with E-state index in [-0.39, 0.29) is 5.82 Å². The summed E-state index contributed by atoms with van der Waals surface area (Å²) >= 11 is 0. The standard InChI is InChI=1S/C10H14FNO2/c1-3-14-12-7-8-4-5-9(13-2)6-10(8)11/h4-6,12H,3,7H2,1-2H3. The van der Waals surface area contributed by atoms with Crippen molar-refractivity contribution in [2.75, 3.05) is 13.7 Å². The summed E-state index contributed by atoms with van der Waals surface area (Å²) in [5.74, 6) is 0.221. The van der Waals surface area contributed by atoms with Gasteiger partial charge < -0.3 is 9.57 Å². The van der Waals surface area contributed by atoms with E-state index in [1.54, 1.807) is 12.1 Å². The predicted molar refractivity (Wildman–Crippen MR) is 51.4 cm³/mol. The lowest BCUT2D eigenvalue weighted by molar-refractivity contribution is 0.0457. The summed E-state index contributed by atoms with van der Waals surface area (Å²) < 4.78 is 18.2. The van der Waals surface area contributed by atoms with Gasteiger partial charge in [0.05, 0.1) is 13.7 Å². The second-order valence-electron chi connectivity index (χ2n) is 2.71. The molecule has 3 nitrogen and oxygen atoms in total.